The van der Waals surface area contributed by atoms with E-state index in [1.807, 2.05) is 12.5 Å². The van der Waals surface area contributed by atoms with Gasteiger partial charge in [0.1, 0.15) is 10.1 Å². The Morgan fingerprint density at radius 2 is 1.20 bits per heavy atom. The highest BCUT2D eigenvalue weighted by atomic mass is 32.2. The zero-order valence-corrected chi connectivity index (χ0v) is 17.0. The average molecular weight is 416 g/mol. The number of hydrogen-bond acceptors (Lipinski definition) is 10. The number of carbonyl (C=O) groups excluding carboxylic acids is 2. The molecule has 3 N–H and O–H groups in total. The fourth-order valence-corrected chi connectivity index (χ4v) is 1.44. The highest BCUT2D eigenvalue weighted by Gasteiger charge is 2.19. The monoisotopic (exact) mass is 415 g/mol. The van der Waals surface area contributed by atoms with Crippen molar-refractivity contribution < 1.29 is 29.2 Å². The van der Waals surface area contributed by atoms with Gasteiger partial charge in [-0.25, -0.2) is 23.0 Å². The molecule has 0 bridgehead atoms. The molecule has 0 aromatic carbocycles. The minimum absolute atomic E-state index is 0.608. The maximum absolute atomic E-state index is 11.6. The van der Waals surface area contributed by atoms with Crippen molar-refractivity contribution in [2.75, 3.05) is 26.6 Å². The molecule has 0 aromatic heterocycles. The predicted molar refractivity (Wildman–Crippen MR) is 102 cm³/mol. The zero-order chi connectivity index (χ0) is 20.0. The van der Waals surface area contributed by atoms with Gasteiger partial charge in [0.15, 0.2) is 0 Å². The Labute approximate surface area is 158 Å². The van der Waals surface area contributed by atoms with Gasteiger partial charge >= 0.3 is 18.3 Å². The summed E-state index contributed by atoms with van der Waals surface area (Å²) in [6.45, 7) is 3.42. The van der Waals surface area contributed by atoms with Crippen LogP contribution in [0.4, 0.5) is 14.4 Å². The number of thioether (sulfide) groups is 2. The quantitative estimate of drug-likeness (QED) is 0.232. The Kier molecular flexibility index (Phi) is 14.8. The maximum Gasteiger partial charge on any atom is 0.447 e. The first-order chi connectivity index (χ1) is 11.5. The molecule has 0 saturated carbocycles. The summed E-state index contributed by atoms with van der Waals surface area (Å²) in [6.07, 6.45) is 0.867. The molecule has 11 nitrogen and oxygen atoms in total. The minimum atomic E-state index is -1.33. The van der Waals surface area contributed by atoms with Crippen LogP contribution >= 0.6 is 35.7 Å². The van der Waals surface area contributed by atoms with E-state index in [1.165, 1.54) is 37.6 Å². The number of primary amides is 1. The van der Waals surface area contributed by atoms with Gasteiger partial charge in [-0.05, 0) is 26.4 Å². The van der Waals surface area contributed by atoms with Crippen molar-refractivity contribution in [3.8, 4) is 0 Å². The molecule has 0 atom stereocenters. The largest absolute Gasteiger partial charge is 0.465 e. The summed E-state index contributed by atoms with van der Waals surface area (Å²) >= 11 is 3.51. The van der Waals surface area contributed by atoms with E-state index in [0.29, 0.717) is 10.1 Å². The number of amides is 3. The second kappa shape index (κ2) is 14.5. The van der Waals surface area contributed by atoms with E-state index in [4.69, 9.17) is 9.90 Å². The van der Waals surface area contributed by atoms with Crippen molar-refractivity contribution in [2.45, 2.75) is 13.8 Å². The molecule has 25 heavy (non-hydrogen) atoms. The van der Waals surface area contributed by atoms with Crippen LogP contribution in [-0.4, -0.2) is 68.7 Å². The lowest BCUT2D eigenvalue weighted by Gasteiger charge is -2.19. The molecule has 0 aliphatic heterocycles. The smallest absolute Gasteiger partial charge is 0.447 e. The van der Waals surface area contributed by atoms with Crippen molar-refractivity contribution in [2.24, 2.45) is 16.0 Å². The number of nitrogens with zero attached hydrogens (tertiary/aromatic N) is 4. The second-order valence-corrected chi connectivity index (χ2v) is 7.01. The van der Waals surface area contributed by atoms with Gasteiger partial charge in [-0.3, -0.25) is 9.68 Å². The average Bonchev–Trinajstić information content (AvgIpc) is 2.55. The number of oxime groups is 2. The van der Waals surface area contributed by atoms with Gasteiger partial charge in [0.05, 0.1) is 12.1 Å². The van der Waals surface area contributed by atoms with Crippen LogP contribution in [-0.2, 0) is 9.68 Å². The summed E-state index contributed by atoms with van der Waals surface area (Å²) in [5, 5.41) is 15.6. The first-order valence-corrected chi connectivity index (χ1v) is 9.46. The Morgan fingerprint density at radius 1 is 0.920 bits per heavy atom. The zero-order valence-electron chi connectivity index (χ0n) is 14.6. The molecule has 0 fully saturated rings. The molecule has 0 aliphatic rings. The minimum Gasteiger partial charge on any atom is -0.465 e. The summed E-state index contributed by atoms with van der Waals surface area (Å²) in [4.78, 5) is 41.3. The number of nitrogens with two attached hydrogens (primary N) is 1. The van der Waals surface area contributed by atoms with E-state index < -0.39 is 18.3 Å². The van der Waals surface area contributed by atoms with E-state index in [1.54, 1.807) is 13.8 Å². The molecule has 0 aromatic rings. The van der Waals surface area contributed by atoms with Crippen LogP contribution in [0.15, 0.2) is 10.3 Å². The van der Waals surface area contributed by atoms with E-state index in [-0.39, 0.29) is 0 Å². The summed E-state index contributed by atoms with van der Waals surface area (Å²) < 4.78 is 2.20. The molecule has 0 radical (unpaired) electrons. The first-order valence-electron chi connectivity index (χ1n) is 6.28. The third-order valence-electron chi connectivity index (χ3n) is 1.85. The summed E-state index contributed by atoms with van der Waals surface area (Å²) in [6, 6.07) is 0. The van der Waals surface area contributed by atoms with Crippen LogP contribution < -0.4 is 5.73 Å². The number of rotatable bonds is 4. The predicted octanol–water partition coefficient (Wildman–Crippen LogP) is 2.70. The Bertz CT molecular complexity index is 474. The maximum atomic E-state index is 11.6. The first kappa shape index (κ1) is 25.4. The molecule has 0 unspecified atom stereocenters. The van der Waals surface area contributed by atoms with E-state index in [2.05, 4.69) is 25.7 Å². The number of carboxylic acid groups (broad SMARTS) is 1. The van der Waals surface area contributed by atoms with Crippen LogP contribution in [0, 0.1) is 0 Å². The van der Waals surface area contributed by atoms with Crippen LogP contribution in [0.25, 0.3) is 0 Å². The third-order valence-corrected chi connectivity index (χ3v) is 3.97. The molecular weight excluding hydrogens is 394 g/mol. The molecule has 144 valence electrons. The fraction of sp³-hybridized carbons (Fsp3) is 0.545. The lowest BCUT2D eigenvalue weighted by Crippen LogP contribution is -2.28. The van der Waals surface area contributed by atoms with Gasteiger partial charge in [0.25, 0.3) is 0 Å². The van der Waals surface area contributed by atoms with Crippen molar-refractivity contribution in [1.82, 2.24) is 8.61 Å². The normalized spacial score (nSPS) is 11.0. The number of hydrogen-bond donors (Lipinski definition) is 2. The van der Waals surface area contributed by atoms with Crippen molar-refractivity contribution in [3.05, 3.63) is 0 Å². The highest BCUT2D eigenvalue weighted by molar-refractivity contribution is 8.13. The summed E-state index contributed by atoms with van der Waals surface area (Å²) in [7, 11) is 2.88. The summed E-state index contributed by atoms with van der Waals surface area (Å²) in [5.74, 6) is 0. The Morgan fingerprint density at radius 3 is 1.44 bits per heavy atom. The topological polar surface area (TPSA) is 147 Å². The van der Waals surface area contributed by atoms with Gasteiger partial charge < -0.3 is 10.8 Å². The van der Waals surface area contributed by atoms with Crippen molar-refractivity contribution in [3.63, 3.8) is 0 Å². The van der Waals surface area contributed by atoms with Gasteiger partial charge in [-0.15, -0.1) is 23.5 Å². The fourth-order valence-electron chi connectivity index (χ4n) is 0.647. The number of carbonyl (C=O) groups is 3. The second-order valence-electron chi connectivity index (χ2n) is 3.76. The van der Waals surface area contributed by atoms with Crippen LogP contribution in [0.2, 0.25) is 0 Å². The van der Waals surface area contributed by atoms with Crippen LogP contribution in [0.3, 0.4) is 0 Å². The standard InChI is InChI=1S/C10H18N4O4S3.CH3NO2/c1-7(19-5)11-17-9(15)13(3)21-14(4)10(16)18-12-8(2)20-6;2-1(3)4/h1-6H3;2H2,(H,3,4)/b11-7-,12-8-;. The van der Waals surface area contributed by atoms with E-state index in [9.17, 15) is 9.59 Å². The molecule has 0 saturated heterocycles. The van der Waals surface area contributed by atoms with E-state index >= 15 is 0 Å². The lowest BCUT2D eigenvalue weighted by molar-refractivity contribution is 0.131. The molecule has 0 rings (SSSR count). The van der Waals surface area contributed by atoms with Gasteiger partial charge in [-0.2, -0.15) is 0 Å². The van der Waals surface area contributed by atoms with Crippen LogP contribution in [0.1, 0.15) is 13.8 Å². The Balaban J connectivity index is 0. The van der Waals surface area contributed by atoms with Gasteiger partial charge in [0.2, 0.25) is 0 Å². The van der Waals surface area contributed by atoms with Gasteiger partial charge in [-0.1, -0.05) is 10.3 Å². The van der Waals surface area contributed by atoms with Crippen molar-refractivity contribution in [1.29, 1.82) is 0 Å². The van der Waals surface area contributed by atoms with Crippen LogP contribution in [0.5, 0.6) is 0 Å². The van der Waals surface area contributed by atoms with Gasteiger partial charge in [0, 0.05) is 14.1 Å². The third kappa shape index (κ3) is 15.5. The SMILES string of the molecule is CS/C(C)=N\OC(=O)N(C)SN(C)C(=O)O/N=C(/C)SC.NC(=O)O. The molecule has 3 amide bonds. The van der Waals surface area contributed by atoms with E-state index in [0.717, 1.165) is 20.7 Å². The molecular formula is C11H21N5O6S3. The lowest BCUT2D eigenvalue weighted by atomic mass is 10.9. The summed E-state index contributed by atoms with van der Waals surface area (Å²) in [5.41, 5.74) is 4.03. The van der Waals surface area contributed by atoms with Crippen molar-refractivity contribution >= 4 is 64.0 Å². The molecule has 0 heterocycles. The molecule has 14 heteroatoms. The Hall–Kier alpha value is -1.80. The highest BCUT2D eigenvalue weighted by Crippen LogP contribution is 2.15. The molecule has 0 spiro atoms. The molecule has 0 aliphatic carbocycles.